The van der Waals surface area contributed by atoms with Crippen LogP contribution in [-0.4, -0.2) is 21.8 Å². The van der Waals surface area contributed by atoms with Gasteiger partial charge in [-0.1, -0.05) is 12.1 Å². The van der Waals surface area contributed by atoms with Gasteiger partial charge < -0.3 is 21.1 Å². The zero-order chi connectivity index (χ0) is 20.8. The fourth-order valence-electron chi connectivity index (χ4n) is 3.26. The van der Waals surface area contributed by atoms with E-state index in [1.165, 1.54) is 12.1 Å². The van der Waals surface area contributed by atoms with E-state index in [2.05, 4.69) is 0 Å². The summed E-state index contributed by atoms with van der Waals surface area (Å²) in [6.45, 7) is 0.234. The minimum absolute atomic E-state index is 0.00498. The highest BCUT2D eigenvalue weighted by Crippen LogP contribution is 2.42. The number of alkyl halides is 3. The van der Waals surface area contributed by atoms with Crippen molar-refractivity contribution >= 4 is 22.5 Å². The number of carbonyl (C=O) groups is 1. The molecular formula is C19H15F3N4O2. The van der Waals surface area contributed by atoms with Gasteiger partial charge in [-0.2, -0.15) is 18.4 Å². The molecule has 5 N–H and O–H groups in total. The molecule has 0 atom stereocenters. The number of nitriles is 1. The standard InChI is InChI=1S/C19H15F3N4O2/c1-9-11(3-2-4-14(9)27)16-15-10(6-23)7-26(8-19(20,21)22)13(15)5-12(17(16)24)18(25)28/h2-5,7,27H,8,24H2,1H3,(H2,25,28). The first-order chi connectivity index (χ1) is 13.0. The van der Waals surface area contributed by atoms with Crippen LogP contribution >= 0.6 is 0 Å². The maximum atomic E-state index is 13.0. The van der Waals surface area contributed by atoms with Gasteiger partial charge in [-0.15, -0.1) is 0 Å². The number of phenols is 1. The van der Waals surface area contributed by atoms with Crippen molar-refractivity contribution in [3.63, 3.8) is 0 Å². The average Bonchev–Trinajstić information content (AvgIpc) is 2.92. The minimum Gasteiger partial charge on any atom is -0.508 e. The molecule has 28 heavy (non-hydrogen) atoms. The Labute approximate surface area is 157 Å². The molecule has 0 aliphatic carbocycles. The first-order valence-electron chi connectivity index (χ1n) is 8.06. The summed E-state index contributed by atoms with van der Waals surface area (Å²) in [6, 6.07) is 7.58. The number of hydrogen-bond acceptors (Lipinski definition) is 4. The number of rotatable bonds is 3. The van der Waals surface area contributed by atoms with E-state index < -0.39 is 18.6 Å². The Morgan fingerprint density at radius 3 is 2.61 bits per heavy atom. The number of aromatic hydroxyl groups is 1. The molecule has 144 valence electrons. The van der Waals surface area contributed by atoms with Crippen LogP contribution in [0.2, 0.25) is 0 Å². The molecule has 3 rings (SSSR count). The molecule has 0 fully saturated rings. The highest BCUT2D eigenvalue weighted by atomic mass is 19.4. The minimum atomic E-state index is -4.55. The number of phenolic OH excluding ortho intramolecular Hbond substituents is 1. The Hall–Kier alpha value is -3.67. The number of fused-ring (bicyclic) bond motifs is 1. The molecule has 0 aliphatic heterocycles. The van der Waals surface area contributed by atoms with E-state index in [1.807, 2.05) is 6.07 Å². The number of primary amides is 1. The zero-order valence-electron chi connectivity index (χ0n) is 14.6. The van der Waals surface area contributed by atoms with Crippen molar-refractivity contribution in [3.05, 3.63) is 47.2 Å². The SMILES string of the molecule is Cc1c(O)cccc1-c1c(N)c(C(N)=O)cc2c1c(C#N)cn2CC(F)(F)F. The number of halogens is 3. The molecule has 0 spiro atoms. The van der Waals surface area contributed by atoms with E-state index in [-0.39, 0.29) is 39.0 Å². The summed E-state index contributed by atoms with van der Waals surface area (Å²) in [5.74, 6) is -0.987. The Bertz CT molecular complexity index is 1160. The van der Waals surface area contributed by atoms with Gasteiger partial charge in [0.15, 0.2) is 0 Å². The molecule has 0 saturated carbocycles. The number of carbonyl (C=O) groups excluding carboxylic acids is 1. The summed E-state index contributed by atoms with van der Waals surface area (Å²) in [5, 5.41) is 19.7. The lowest BCUT2D eigenvalue weighted by Crippen LogP contribution is -2.18. The Balaban J connectivity index is 2.52. The molecule has 2 aromatic carbocycles. The monoisotopic (exact) mass is 388 g/mol. The third kappa shape index (κ3) is 3.09. The van der Waals surface area contributed by atoms with Crippen molar-refractivity contribution < 1.29 is 23.1 Å². The number of aromatic nitrogens is 1. The Kier molecular flexibility index (Phi) is 4.43. The van der Waals surface area contributed by atoms with Gasteiger partial charge in [0.2, 0.25) is 0 Å². The largest absolute Gasteiger partial charge is 0.508 e. The number of nitrogens with two attached hydrogens (primary N) is 2. The van der Waals surface area contributed by atoms with Gasteiger partial charge in [-0.3, -0.25) is 4.79 Å². The van der Waals surface area contributed by atoms with Crippen LogP contribution < -0.4 is 11.5 Å². The van der Waals surface area contributed by atoms with Gasteiger partial charge >= 0.3 is 6.18 Å². The lowest BCUT2D eigenvalue weighted by molar-refractivity contribution is -0.139. The molecule has 1 heterocycles. The molecule has 0 saturated heterocycles. The fraction of sp³-hybridized carbons (Fsp3) is 0.158. The third-order valence-electron chi connectivity index (χ3n) is 4.52. The van der Waals surface area contributed by atoms with Crippen molar-refractivity contribution in [3.8, 4) is 22.9 Å². The van der Waals surface area contributed by atoms with E-state index in [1.54, 1.807) is 13.0 Å². The summed E-state index contributed by atoms with van der Waals surface area (Å²) >= 11 is 0. The van der Waals surface area contributed by atoms with Gasteiger partial charge in [0.1, 0.15) is 18.4 Å². The van der Waals surface area contributed by atoms with Gasteiger partial charge in [0.25, 0.3) is 5.91 Å². The third-order valence-corrected chi connectivity index (χ3v) is 4.52. The smallest absolute Gasteiger partial charge is 0.406 e. The average molecular weight is 388 g/mol. The van der Waals surface area contributed by atoms with Crippen LogP contribution in [0.5, 0.6) is 5.75 Å². The van der Waals surface area contributed by atoms with E-state index in [0.717, 1.165) is 16.8 Å². The van der Waals surface area contributed by atoms with Crippen molar-refractivity contribution in [1.29, 1.82) is 5.26 Å². The van der Waals surface area contributed by atoms with Crippen LogP contribution in [0.15, 0.2) is 30.5 Å². The van der Waals surface area contributed by atoms with Crippen LogP contribution in [0, 0.1) is 18.3 Å². The maximum Gasteiger partial charge on any atom is 0.406 e. The second kappa shape index (κ2) is 6.49. The van der Waals surface area contributed by atoms with Crippen LogP contribution in [-0.2, 0) is 6.54 Å². The number of amides is 1. The first-order valence-corrected chi connectivity index (χ1v) is 8.06. The molecule has 0 radical (unpaired) electrons. The number of nitrogen functional groups attached to an aromatic ring is 1. The second-order valence-corrected chi connectivity index (χ2v) is 6.32. The van der Waals surface area contributed by atoms with E-state index >= 15 is 0 Å². The fourth-order valence-corrected chi connectivity index (χ4v) is 3.26. The molecule has 0 aliphatic rings. The van der Waals surface area contributed by atoms with E-state index in [4.69, 9.17) is 11.5 Å². The van der Waals surface area contributed by atoms with Crippen molar-refractivity contribution in [2.75, 3.05) is 5.73 Å². The number of nitrogens with zero attached hydrogens (tertiary/aromatic N) is 2. The highest BCUT2D eigenvalue weighted by molar-refractivity contribution is 6.13. The van der Waals surface area contributed by atoms with Gasteiger partial charge in [0.05, 0.1) is 22.3 Å². The second-order valence-electron chi connectivity index (χ2n) is 6.32. The molecule has 0 bridgehead atoms. The van der Waals surface area contributed by atoms with E-state index in [0.29, 0.717) is 11.1 Å². The van der Waals surface area contributed by atoms with Crippen molar-refractivity contribution in [2.45, 2.75) is 19.6 Å². The van der Waals surface area contributed by atoms with Gasteiger partial charge in [-0.05, 0) is 30.2 Å². The summed E-state index contributed by atoms with van der Waals surface area (Å²) in [4.78, 5) is 11.9. The lowest BCUT2D eigenvalue weighted by atomic mass is 9.91. The van der Waals surface area contributed by atoms with Crippen molar-refractivity contribution in [1.82, 2.24) is 4.57 Å². The topological polar surface area (TPSA) is 118 Å². The summed E-state index contributed by atoms with van der Waals surface area (Å²) in [7, 11) is 0. The van der Waals surface area contributed by atoms with Crippen molar-refractivity contribution in [2.24, 2.45) is 5.73 Å². The zero-order valence-corrected chi connectivity index (χ0v) is 14.6. The van der Waals surface area contributed by atoms with Crippen LogP contribution in [0.4, 0.5) is 18.9 Å². The van der Waals surface area contributed by atoms with Gasteiger partial charge in [-0.25, -0.2) is 0 Å². The van der Waals surface area contributed by atoms with Gasteiger partial charge in [0, 0.05) is 17.1 Å². The lowest BCUT2D eigenvalue weighted by Gasteiger charge is -2.16. The molecule has 9 heteroatoms. The normalized spacial score (nSPS) is 11.5. The summed E-state index contributed by atoms with van der Waals surface area (Å²) in [6.07, 6.45) is -3.49. The van der Waals surface area contributed by atoms with E-state index in [9.17, 15) is 28.3 Å². The quantitative estimate of drug-likeness (QED) is 0.596. The molecule has 6 nitrogen and oxygen atoms in total. The summed E-state index contributed by atoms with van der Waals surface area (Å²) < 4.78 is 39.9. The number of hydrogen-bond donors (Lipinski definition) is 3. The highest BCUT2D eigenvalue weighted by Gasteiger charge is 2.30. The Morgan fingerprint density at radius 2 is 2.04 bits per heavy atom. The number of anilines is 1. The van der Waals surface area contributed by atoms with Crippen LogP contribution in [0.1, 0.15) is 21.5 Å². The summed E-state index contributed by atoms with van der Waals surface area (Å²) in [5.41, 5.74) is 12.2. The molecule has 3 aromatic rings. The predicted molar refractivity (Wildman–Crippen MR) is 97.5 cm³/mol. The first kappa shape index (κ1) is 19.1. The van der Waals surface area contributed by atoms with Crippen LogP contribution in [0.3, 0.4) is 0 Å². The predicted octanol–water partition coefficient (Wildman–Crippen LogP) is 3.44. The van der Waals surface area contributed by atoms with Crippen LogP contribution in [0.25, 0.3) is 22.0 Å². The molecular weight excluding hydrogens is 373 g/mol. The molecule has 0 unspecified atom stereocenters. The molecule has 1 aromatic heterocycles. The molecule has 1 amide bonds. The Morgan fingerprint density at radius 1 is 1.36 bits per heavy atom. The number of benzene rings is 2. The maximum absolute atomic E-state index is 13.0.